The molecule has 56 heavy (non-hydrogen) atoms. The van der Waals surface area contributed by atoms with Gasteiger partial charge in [0.1, 0.15) is 6.07 Å². The third kappa shape index (κ3) is 5.37. The van der Waals surface area contributed by atoms with E-state index >= 15 is 0 Å². The quantitative estimate of drug-likeness (QED) is 0.178. The first-order valence-corrected chi connectivity index (χ1v) is 18.4. The molecule has 0 radical (unpaired) electrons. The summed E-state index contributed by atoms with van der Waals surface area (Å²) in [5.41, 5.74) is 10.6. The van der Waals surface area contributed by atoms with Crippen LogP contribution in [0.25, 0.3) is 93.6 Å². The monoisotopic (exact) mass is 714 g/mol. The minimum atomic E-state index is 0.495. The van der Waals surface area contributed by atoms with Gasteiger partial charge in [-0.05, 0) is 90.6 Å². The van der Waals surface area contributed by atoms with Crippen LogP contribution in [0.3, 0.4) is 0 Å². The molecule has 0 atom stereocenters. The maximum Gasteiger partial charge on any atom is 0.101 e. The Kier molecular flexibility index (Phi) is 7.87. The van der Waals surface area contributed by atoms with Crippen molar-refractivity contribution in [3.8, 4) is 57.0 Å². The maximum atomic E-state index is 9.60. The van der Waals surface area contributed by atoms with Crippen molar-refractivity contribution in [2.45, 2.75) is 0 Å². The molecule has 10 rings (SSSR count). The number of pyridine rings is 3. The molecule has 0 spiro atoms. The van der Waals surface area contributed by atoms with Gasteiger partial charge < -0.3 is 5.32 Å². The van der Waals surface area contributed by atoms with Crippen LogP contribution in [0.15, 0.2) is 170 Å². The second-order valence-electron chi connectivity index (χ2n) is 13.8. The van der Waals surface area contributed by atoms with E-state index in [1.54, 1.807) is 12.4 Å². The number of nitriles is 2. The second kappa shape index (κ2) is 13.5. The summed E-state index contributed by atoms with van der Waals surface area (Å²) >= 11 is 0. The van der Waals surface area contributed by atoms with Crippen molar-refractivity contribution in [2.75, 3.05) is 6.54 Å². The Morgan fingerprint density at radius 2 is 0.911 bits per heavy atom. The third-order valence-corrected chi connectivity index (χ3v) is 10.6. The van der Waals surface area contributed by atoms with E-state index in [2.05, 4.69) is 132 Å². The fourth-order valence-corrected chi connectivity index (χ4v) is 8.23. The Morgan fingerprint density at radius 3 is 1.39 bits per heavy atom. The minimum absolute atomic E-state index is 0.495. The Hall–Kier alpha value is -7.93. The number of dihydropyridines is 1. The summed E-state index contributed by atoms with van der Waals surface area (Å²) in [6.07, 6.45) is 7.17. The highest BCUT2D eigenvalue weighted by Crippen LogP contribution is 2.49. The third-order valence-electron chi connectivity index (χ3n) is 10.6. The molecule has 1 N–H and O–H groups in total. The normalized spacial score (nSPS) is 12.5. The lowest BCUT2D eigenvalue weighted by atomic mass is 9.82. The van der Waals surface area contributed by atoms with Crippen molar-refractivity contribution in [3.63, 3.8) is 0 Å². The molecule has 0 bridgehead atoms. The lowest BCUT2D eigenvalue weighted by Crippen LogP contribution is -2.14. The van der Waals surface area contributed by atoms with Crippen LogP contribution < -0.4 is 5.32 Å². The van der Waals surface area contributed by atoms with Gasteiger partial charge in [-0.2, -0.15) is 10.5 Å². The summed E-state index contributed by atoms with van der Waals surface area (Å²) in [4.78, 5) is 14.7. The fraction of sp³-hybridized carbons (Fsp3) is 0.0200. The first-order chi connectivity index (χ1) is 27.7. The Balaban J connectivity index is 1.26. The number of aromatic nitrogens is 3. The van der Waals surface area contributed by atoms with E-state index in [0.29, 0.717) is 17.7 Å². The summed E-state index contributed by atoms with van der Waals surface area (Å²) < 4.78 is 0. The molecule has 0 saturated carbocycles. The van der Waals surface area contributed by atoms with E-state index in [-0.39, 0.29) is 0 Å². The zero-order valence-electron chi connectivity index (χ0n) is 30.0. The maximum absolute atomic E-state index is 9.60. The van der Waals surface area contributed by atoms with Crippen LogP contribution in [-0.2, 0) is 0 Å². The van der Waals surface area contributed by atoms with Gasteiger partial charge in [-0.1, -0.05) is 109 Å². The van der Waals surface area contributed by atoms with Gasteiger partial charge in [0.15, 0.2) is 0 Å². The lowest BCUT2D eigenvalue weighted by molar-refractivity contribution is 0.946. The van der Waals surface area contributed by atoms with Crippen LogP contribution in [0.4, 0.5) is 0 Å². The van der Waals surface area contributed by atoms with Crippen molar-refractivity contribution in [3.05, 3.63) is 181 Å². The summed E-state index contributed by atoms with van der Waals surface area (Å²) in [6.45, 7) is 0.513. The molecule has 0 amide bonds. The van der Waals surface area contributed by atoms with Crippen LogP contribution in [0.2, 0.25) is 0 Å². The van der Waals surface area contributed by atoms with Crippen LogP contribution >= 0.6 is 0 Å². The Bertz CT molecular complexity index is 3120. The van der Waals surface area contributed by atoms with Crippen molar-refractivity contribution in [1.29, 1.82) is 10.5 Å². The molecule has 1 aliphatic rings. The highest BCUT2D eigenvalue weighted by Gasteiger charge is 2.23. The predicted octanol–water partition coefficient (Wildman–Crippen LogP) is 11.4. The zero-order chi connectivity index (χ0) is 37.6. The first-order valence-electron chi connectivity index (χ1n) is 18.4. The van der Waals surface area contributed by atoms with E-state index in [1.807, 2.05) is 42.6 Å². The summed E-state index contributed by atoms with van der Waals surface area (Å²) in [6, 6.07) is 53.1. The van der Waals surface area contributed by atoms with Gasteiger partial charge in [-0.25, -0.2) is 9.97 Å². The average molecular weight is 715 g/mol. The molecule has 6 nitrogen and oxygen atoms in total. The van der Waals surface area contributed by atoms with Crippen LogP contribution in [0, 0.1) is 22.7 Å². The molecule has 0 unspecified atom stereocenters. The van der Waals surface area contributed by atoms with Crippen molar-refractivity contribution in [2.24, 2.45) is 0 Å². The molecule has 9 aromatic rings. The zero-order valence-corrected chi connectivity index (χ0v) is 30.0. The number of nitrogens with one attached hydrogen (secondary N) is 1. The molecule has 260 valence electrons. The van der Waals surface area contributed by atoms with Gasteiger partial charge in [-0.15, -0.1) is 0 Å². The van der Waals surface area contributed by atoms with Gasteiger partial charge in [0.25, 0.3) is 0 Å². The number of allylic oxidation sites excluding steroid dienone is 2. The van der Waals surface area contributed by atoms with Gasteiger partial charge in [0.05, 0.1) is 34.4 Å². The van der Waals surface area contributed by atoms with Crippen LogP contribution in [0.1, 0.15) is 11.3 Å². The molecular formula is C50H30N6. The van der Waals surface area contributed by atoms with E-state index in [4.69, 9.17) is 9.97 Å². The summed E-state index contributed by atoms with van der Waals surface area (Å²) in [5.74, 6) is 0. The number of rotatable bonds is 5. The highest BCUT2D eigenvalue weighted by molar-refractivity contribution is 6.29. The highest BCUT2D eigenvalue weighted by atomic mass is 14.8. The summed E-state index contributed by atoms with van der Waals surface area (Å²) in [7, 11) is 0. The van der Waals surface area contributed by atoms with E-state index in [0.717, 1.165) is 99.3 Å². The molecule has 6 aromatic carbocycles. The largest absolute Gasteiger partial charge is 0.386 e. The molecule has 0 aliphatic carbocycles. The van der Waals surface area contributed by atoms with E-state index < -0.39 is 0 Å². The number of benzene rings is 6. The topological polar surface area (TPSA) is 98.3 Å². The second-order valence-corrected chi connectivity index (χ2v) is 13.8. The number of hydrogen-bond acceptors (Lipinski definition) is 6. The standard InChI is InChI=1S/C50H30N6/c51-25-31-23-33(29-53-27-31)43-19-9-21-45(55-43)47-35-11-1-5-15-39(35)49(40-16-6-2-12-36(40)47)50-41-17-7-3-13-37(41)48(38-14-4-8-18-42(38)50)46-22-10-20-44(56-46)34-24-32(26-52)28-54-30-34/h1-24,27,29-30,54H,28H2. The van der Waals surface area contributed by atoms with E-state index in [1.165, 1.54) is 0 Å². The van der Waals surface area contributed by atoms with Crippen LogP contribution in [-0.4, -0.2) is 21.5 Å². The van der Waals surface area contributed by atoms with Gasteiger partial charge >= 0.3 is 0 Å². The minimum Gasteiger partial charge on any atom is -0.386 e. The van der Waals surface area contributed by atoms with Crippen molar-refractivity contribution < 1.29 is 0 Å². The molecule has 3 aromatic heterocycles. The predicted molar refractivity (Wildman–Crippen MR) is 226 cm³/mol. The molecule has 0 fully saturated rings. The number of hydrogen-bond donors (Lipinski definition) is 1. The smallest absolute Gasteiger partial charge is 0.101 e. The molecule has 1 aliphatic heterocycles. The number of fused-ring (bicyclic) bond motifs is 4. The lowest BCUT2D eigenvalue weighted by Gasteiger charge is -2.22. The molecular weight excluding hydrogens is 685 g/mol. The van der Waals surface area contributed by atoms with Crippen molar-refractivity contribution in [1.82, 2.24) is 20.3 Å². The molecule has 4 heterocycles. The molecule has 6 heteroatoms. The summed E-state index contributed by atoms with van der Waals surface area (Å²) in [5, 5.41) is 31.3. The number of nitrogens with zero attached hydrogens (tertiary/aromatic N) is 5. The van der Waals surface area contributed by atoms with Gasteiger partial charge in [0, 0.05) is 53.0 Å². The van der Waals surface area contributed by atoms with Gasteiger partial charge in [-0.3, -0.25) is 4.98 Å². The fourth-order valence-electron chi connectivity index (χ4n) is 8.23. The molecule has 0 saturated heterocycles. The van der Waals surface area contributed by atoms with Crippen molar-refractivity contribution >= 4 is 48.7 Å². The van der Waals surface area contributed by atoms with Gasteiger partial charge in [0.2, 0.25) is 0 Å². The average Bonchev–Trinajstić information content (AvgIpc) is 3.27. The van der Waals surface area contributed by atoms with E-state index in [9.17, 15) is 10.5 Å². The Morgan fingerprint density at radius 1 is 0.464 bits per heavy atom. The SMILES string of the molecule is N#CC1=CC(c2cccc(-c3c4ccccc4c(-c4c5ccccc5c(-c5cccc(-c6cncc(C#N)c6)n5)c5ccccc45)c4ccccc34)n2)=CNC1. The Labute approximate surface area is 323 Å². The first kappa shape index (κ1) is 32.7. The van der Waals surface area contributed by atoms with Crippen LogP contribution in [0.5, 0.6) is 0 Å².